The summed E-state index contributed by atoms with van der Waals surface area (Å²) in [5, 5.41) is 13.4. The van der Waals surface area contributed by atoms with Gasteiger partial charge in [-0.25, -0.2) is 9.50 Å². The number of amides is 2. The molecular weight excluding hydrogens is 487 g/mol. The lowest BCUT2D eigenvalue weighted by atomic mass is 10.1. The SMILES string of the molecule is CCCNC(=O)c1c(NC(=O)c2cc3nc(-c4ccc(Cl)cc4)cc(C(F)(F)F)n3n2)cnn1C. The van der Waals surface area contributed by atoms with Crippen LogP contribution in [-0.4, -0.2) is 42.7 Å². The number of fused-ring (bicyclic) bond motifs is 1. The van der Waals surface area contributed by atoms with Crippen molar-refractivity contribution in [2.45, 2.75) is 19.5 Å². The average molecular weight is 506 g/mol. The van der Waals surface area contributed by atoms with Gasteiger partial charge in [-0.2, -0.15) is 23.4 Å². The van der Waals surface area contributed by atoms with Gasteiger partial charge in [0.15, 0.2) is 17.0 Å². The molecule has 0 radical (unpaired) electrons. The van der Waals surface area contributed by atoms with Crippen LogP contribution in [0.15, 0.2) is 42.6 Å². The first-order chi connectivity index (χ1) is 16.6. The van der Waals surface area contributed by atoms with E-state index in [1.165, 1.54) is 30.1 Å². The van der Waals surface area contributed by atoms with E-state index in [0.29, 0.717) is 28.1 Å². The van der Waals surface area contributed by atoms with Crippen LogP contribution in [0.3, 0.4) is 0 Å². The maximum atomic E-state index is 13.8. The normalized spacial score (nSPS) is 11.6. The lowest BCUT2D eigenvalue weighted by molar-refractivity contribution is -0.142. The van der Waals surface area contributed by atoms with Gasteiger partial charge >= 0.3 is 6.18 Å². The number of anilines is 1. The van der Waals surface area contributed by atoms with Gasteiger partial charge in [-0.05, 0) is 24.6 Å². The van der Waals surface area contributed by atoms with Crippen molar-refractivity contribution in [1.29, 1.82) is 0 Å². The Bertz CT molecular complexity index is 1410. The van der Waals surface area contributed by atoms with Crippen LogP contribution in [0.1, 0.15) is 40.0 Å². The zero-order chi connectivity index (χ0) is 25.3. The summed E-state index contributed by atoms with van der Waals surface area (Å²) in [7, 11) is 1.53. The summed E-state index contributed by atoms with van der Waals surface area (Å²) in [4.78, 5) is 29.5. The Labute approximate surface area is 201 Å². The molecule has 0 unspecified atom stereocenters. The predicted molar refractivity (Wildman–Crippen MR) is 122 cm³/mol. The van der Waals surface area contributed by atoms with Crippen molar-refractivity contribution in [3.63, 3.8) is 0 Å². The Balaban J connectivity index is 1.71. The van der Waals surface area contributed by atoms with E-state index in [9.17, 15) is 22.8 Å². The van der Waals surface area contributed by atoms with Crippen molar-refractivity contribution < 1.29 is 22.8 Å². The van der Waals surface area contributed by atoms with E-state index in [1.54, 1.807) is 12.1 Å². The van der Waals surface area contributed by atoms with Crippen LogP contribution in [0.2, 0.25) is 5.02 Å². The minimum Gasteiger partial charge on any atom is -0.351 e. The zero-order valence-electron chi connectivity index (χ0n) is 18.5. The summed E-state index contributed by atoms with van der Waals surface area (Å²) in [6.45, 7) is 2.31. The first kappa shape index (κ1) is 24.2. The standard InChI is InChI=1S/C22H19ClF3N7O2/c1-3-8-27-21(35)19-16(11-28-32(19)2)30-20(34)15-10-18-29-14(12-4-6-13(23)7-5-12)9-17(22(24,25)26)33(18)31-15/h4-7,9-11H,3,8H2,1-2H3,(H,27,35)(H,30,34). The van der Waals surface area contributed by atoms with Crippen LogP contribution < -0.4 is 10.6 Å². The molecule has 4 aromatic rings. The molecule has 3 heterocycles. The maximum Gasteiger partial charge on any atom is 0.433 e. The number of hydrogen-bond donors (Lipinski definition) is 2. The van der Waals surface area contributed by atoms with Crippen LogP contribution in [-0.2, 0) is 13.2 Å². The number of benzene rings is 1. The van der Waals surface area contributed by atoms with Crippen molar-refractivity contribution in [2.24, 2.45) is 7.05 Å². The number of aromatic nitrogens is 5. The van der Waals surface area contributed by atoms with Gasteiger partial charge in [0.05, 0.1) is 17.6 Å². The van der Waals surface area contributed by atoms with E-state index < -0.39 is 23.7 Å². The highest BCUT2D eigenvalue weighted by molar-refractivity contribution is 6.30. The Morgan fingerprint density at radius 1 is 1.11 bits per heavy atom. The third-order valence-electron chi connectivity index (χ3n) is 5.03. The average Bonchev–Trinajstić information content (AvgIpc) is 3.40. The lowest BCUT2D eigenvalue weighted by Gasteiger charge is -2.11. The topological polar surface area (TPSA) is 106 Å². The molecule has 3 aromatic heterocycles. The molecular formula is C22H19ClF3N7O2. The highest BCUT2D eigenvalue weighted by atomic mass is 35.5. The number of aryl methyl sites for hydroxylation is 1. The number of nitrogens with zero attached hydrogens (tertiary/aromatic N) is 5. The van der Waals surface area contributed by atoms with Crippen molar-refractivity contribution in [3.05, 3.63) is 64.7 Å². The number of nitrogens with one attached hydrogen (secondary N) is 2. The van der Waals surface area contributed by atoms with E-state index in [0.717, 1.165) is 12.1 Å². The quantitative estimate of drug-likeness (QED) is 0.408. The molecule has 0 fully saturated rings. The van der Waals surface area contributed by atoms with Crippen molar-refractivity contribution in [2.75, 3.05) is 11.9 Å². The molecule has 13 heteroatoms. The molecule has 4 rings (SSSR count). The van der Waals surface area contributed by atoms with Gasteiger partial charge in [0, 0.05) is 30.2 Å². The largest absolute Gasteiger partial charge is 0.433 e. The third kappa shape index (κ3) is 4.97. The molecule has 0 aliphatic heterocycles. The van der Waals surface area contributed by atoms with Gasteiger partial charge in [0.1, 0.15) is 5.69 Å². The minimum atomic E-state index is -4.77. The highest BCUT2D eigenvalue weighted by Crippen LogP contribution is 2.32. The predicted octanol–water partition coefficient (Wildman–Crippen LogP) is 4.19. The number of alkyl halides is 3. The first-order valence-corrected chi connectivity index (χ1v) is 10.8. The summed E-state index contributed by atoms with van der Waals surface area (Å²) in [5.74, 6) is -1.28. The van der Waals surface area contributed by atoms with E-state index in [-0.39, 0.29) is 28.4 Å². The van der Waals surface area contributed by atoms with Gasteiger partial charge < -0.3 is 10.6 Å². The van der Waals surface area contributed by atoms with Crippen LogP contribution in [0.25, 0.3) is 16.9 Å². The molecule has 35 heavy (non-hydrogen) atoms. The van der Waals surface area contributed by atoms with Gasteiger partial charge in [-0.1, -0.05) is 30.7 Å². The molecule has 0 atom stereocenters. The fourth-order valence-electron chi connectivity index (χ4n) is 3.36. The Morgan fingerprint density at radius 3 is 2.49 bits per heavy atom. The lowest BCUT2D eigenvalue weighted by Crippen LogP contribution is -2.27. The minimum absolute atomic E-state index is 0.0375. The fraction of sp³-hybridized carbons (Fsp3) is 0.227. The van der Waals surface area contributed by atoms with Crippen molar-refractivity contribution >= 4 is 34.7 Å². The molecule has 0 aliphatic carbocycles. The van der Waals surface area contributed by atoms with Crippen LogP contribution >= 0.6 is 11.6 Å². The molecule has 0 spiro atoms. The highest BCUT2D eigenvalue weighted by Gasteiger charge is 2.35. The van der Waals surface area contributed by atoms with Gasteiger partial charge in [-0.15, -0.1) is 0 Å². The summed E-state index contributed by atoms with van der Waals surface area (Å²) in [6, 6.07) is 8.14. The van der Waals surface area contributed by atoms with Gasteiger partial charge in [0.25, 0.3) is 11.8 Å². The summed E-state index contributed by atoms with van der Waals surface area (Å²) in [5.41, 5.74) is -0.971. The molecule has 1 aromatic carbocycles. The molecule has 0 saturated heterocycles. The van der Waals surface area contributed by atoms with Crippen LogP contribution in [0, 0.1) is 0 Å². The molecule has 9 nitrogen and oxygen atoms in total. The summed E-state index contributed by atoms with van der Waals surface area (Å²) >= 11 is 5.87. The van der Waals surface area contributed by atoms with Gasteiger partial charge in [-0.3, -0.25) is 14.3 Å². The summed E-state index contributed by atoms with van der Waals surface area (Å²) in [6.07, 6.45) is -2.79. The monoisotopic (exact) mass is 505 g/mol. The van der Waals surface area contributed by atoms with E-state index in [1.807, 2.05) is 6.92 Å². The van der Waals surface area contributed by atoms with Gasteiger partial charge in [0.2, 0.25) is 0 Å². The summed E-state index contributed by atoms with van der Waals surface area (Å²) < 4.78 is 43.3. The van der Waals surface area contributed by atoms with E-state index in [2.05, 4.69) is 25.8 Å². The smallest absolute Gasteiger partial charge is 0.351 e. The second-order valence-electron chi connectivity index (χ2n) is 7.57. The molecule has 2 amide bonds. The first-order valence-electron chi connectivity index (χ1n) is 10.4. The van der Waals surface area contributed by atoms with Crippen molar-refractivity contribution in [3.8, 4) is 11.3 Å². The van der Waals surface area contributed by atoms with Crippen LogP contribution in [0.4, 0.5) is 18.9 Å². The maximum absolute atomic E-state index is 13.8. The van der Waals surface area contributed by atoms with E-state index >= 15 is 0 Å². The molecule has 0 saturated carbocycles. The molecule has 0 aliphatic rings. The van der Waals surface area contributed by atoms with Crippen molar-refractivity contribution in [1.82, 2.24) is 29.7 Å². The molecule has 2 N–H and O–H groups in total. The van der Waals surface area contributed by atoms with E-state index in [4.69, 9.17) is 11.6 Å². The zero-order valence-corrected chi connectivity index (χ0v) is 19.3. The number of halogens is 4. The Morgan fingerprint density at radius 2 is 1.83 bits per heavy atom. The van der Waals surface area contributed by atoms with Crippen LogP contribution in [0.5, 0.6) is 0 Å². The number of hydrogen-bond acceptors (Lipinski definition) is 5. The number of carbonyl (C=O) groups is 2. The third-order valence-corrected chi connectivity index (χ3v) is 5.28. The second-order valence-corrected chi connectivity index (χ2v) is 8.01. The number of rotatable bonds is 6. The molecule has 0 bridgehead atoms. The second kappa shape index (κ2) is 9.37. The molecule has 182 valence electrons. The Hall–Kier alpha value is -3.93. The fourth-order valence-corrected chi connectivity index (χ4v) is 3.49. The number of carbonyl (C=O) groups excluding carboxylic acids is 2. The Kier molecular flexibility index (Phi) is 6.48.